The van der Waals surface area contributed by atoms with Gasteiger partial charge >= 0.3 is 0 Å². The van der Waals surface area contributed by atoms with Crippen LogP contribution in [0.25, 0.3) is 0 Å². The zero-order chi connectivity index (χ0) is 13.8. The van der Waals surface area contributed by atoms with Gasteiger partial charge in [0.25, 0.3) is 0 Å². The van der Waals surface area contributed by atoms with Crippen LogP contribution in [0.5, 0.6) is 0 Å². The summed E-state index contributed by atoms with van der Waals surface area (Å²) in [5.74, 6) is 0.301. The minimum Gasteiger partial charge on any atom is -0.323 e. The molecule has 1 unspecified atom stereocenters. The summed E-state index contributed by atoms with van der Waals surface area (Å²) >= 11 is 10.6. The Morgan fingerprint density at radius 2 is 2.00 bits per heavy atom. The lowest BCUT2D eigenvalue weighted by Crippen LogP contribution is -2.14. The maximum atomic E-state index is 13.9. The van der Waals surface area contributed by atoms with Crippen LogP contribution in [0, 0.1) is 5.82 Å². The van der Waals surface area contributed by atoms with Crippen molar-refractivity contribution in [2.45, 2.75) is 10.9 Å². The molecule has 0 aliphatic rings. The largest absolute Gasteiger partial charge is 0.323 e. The molecule has 100 valence electrons. The highest BCUT2D eigenvalue weighted by Gasteiger charge is 2.13. The van der Waals surface area contributed by atoms with Crippen molar-refractivity contribution < 1.29 is 4.39 Å². The van der Waals surface area contributed by atoms with Crippen molar-refractivity contribution in [3.05, 3.63) is 63.3 Å². The predicted octanol–water partition coefficient (Wildman–Crippen LogP) is 5.03. The number of nitrogens with two attached hydrogens (primary N) is 1. The molecule has 5 heteroatoms. The smallest absolute Gasteiger partial charge is 0.142 e. The van der Waals surface area contributed by atoms with Crippen molar-refractivity contribution in [2.24, 2.45) is 5.73 Å². The van der Waals surface area contributed by atoms with Gasteiger partial charge in [0.05, 0.1) is 4.47 Å². The summed E-state index contributed by atoms with van der Waals surface area (Å²) < 4.78 is 14.3. The van der Waals surface area contributed by atoms with Gasteiger partial charge in [-0.2, -0.15) is 0 Å². The predicted molar refractivity (Wildman–Crippen MR) is 83.2 cm³/mol. The Kier molecular flexibility index (Phi) is 5.28. The lowest BCUT2D eigenvalue weighted by Gasteiger charge is -2.13. The van der Waals surface area contributed by atoms with Gasteiger partial charge in [0.15, 0.2) is 0 Å². The van der Waals surface area contributed by atoms with Crippen molar-refractivity contribution >= 4 is 39.3 Å². The van der Waals surface area contributed by atoms with Gasteiger partial charge in [-0.25, -0.2) is 4.39 Å². The molecular formula is C14H12BrClFNS. The number of hydrogen-bond acceptors (Lipinski definition) is 2. The summed E-state index contributed by atoms with van der Waals surface area (Å²) in [6, 6.07) is 12.3. The molecular weight excluding hydrogens is 349 g/mol. The first-order valence-corrected chi connectivity index (χ1v) is 7.81. The molecule has 1 atom stereocenters. The highest BCUT2D eigenvalue weighted by molar-refractivity contribution is 9.10. The highest BCUT2D eigenvalue weighted by Crippen LogP contribution is 2.28. The number of thioether (sulfide) groups is 1. The molecule has 0 amide bonds. The second-order valence-corrected chi connectivity index (χ2v) is 6.40. The number of hydrogen-bond donors (Lipinski definition) is 1. The third-order valence-electron chi connectivity index (χ3n) is 2.61. The second-order valence-electron chi connectivity index (χ2n) is 4.02. The summed E-state index contributed by atoms with van der Waals surface area (Å²) in [7, 11) is 0. The van der Waals surface area contributed by atoms with Crippen LogP contribution in [-0.2, 0) is 0 Å². The Hall–Kier alpha value is -0.550. The lowest BCUT2D eigenvalue weighted by molar-refractivity contribution is 0.589. The fourth-order valence-corrected chi connectivity index (χ4v) is 3.21. The Balaban J connectivity index is 2.05. The molecule has 0 aromatic heterocycles. The van der Waals surface area contributed by atoms with Crippen LogP contribution in [0.4, 0.5) is 4.39 Å². The average Bonchev–Trinajstić information content (AvgIpc) is 2.39. The Bertz CT molecular complexity index is 579. The van der Waals surface area contributed by atoms with E-state index in [9.17, 15) is 4.39 Å². The van der Waals surface area contributed by atoms with E-state index in [-0.39, 0.29) is 11.9 Å². The minimum absolute atomic E-state index is 0.290. The molecule has 0 fully saturated rings. The molecule has 2 aromatic rings. The van der Waals surface area contributed by atoms with Crippen molar-refractivity contribution in [2.75, 3.05) is 5.75 Å². The first-order valence-electron chi connectivity index (χ1n) is 5.66. The molecule has 2 rings (SSSR count). The van der Waals surface area contributed by atoms with Gasteiger partial charge in [-0.15, -0.1) is 11.8 Å². The topological polar surface area (TPSA) is 26.0 Å². The van der Waals surface area contributed by atoms with E-state index in [1.807, 2.05) is 24.3 Å². The van der Waals surface area contributed by atoms with Crippen LogP contribution in [-0.4, -0.2) is 5.75 Å². The molecule has 19 heavy (non-hydrogen) atoms. The summed E-state index contributed by atoms with van der Waals surface area (Å²) in [6.07, 6.45) is 0. The van der Waals surface area contributed by atoms with E-state index in [0.717, 1.165) is 4.90 Å². The molecule has 0 aliphatic carbocycles. The Labute approximate surface area is 129 Å². The number of rotatable bonds is 4. The van der Waals surface area contributed by atoms with Crippen molar-refractivity contribution in [1.29, 1.82) is 0 Å². The van der Waals surface area contributed by atoms with Gasteiger partial charge in [0, 0.05) is 27.3 Å². The molecule has 2 N–H and O–H groups in total. The molecule has 0 aliphatic heterocycles. The third kappa shape index (κ3) is 3.96. The summed E-state index contributed by atoms with van der Waals surface area (Å²) in [5.41, 5.74) is 6.55. The monoisotopic (exact) mass is 359 g/mol. The Morgan fingerprint density at radius 1 is 1.26 bits per heavy atom. The summed E-state index contributed by atoms with van der Waals surface area (Å²) in [5, 5.41) is 0.687. The van der Waals surface area contributed by atoms with Crippen LogP contribution >= 0.6 is 39.3 Å². The molecule has 0 saturated carbocycles. The zero-order valence-corrected chi connectivity index (χ0v) is 13.1. The molecule has 0 spiro atoms. The maximum absolute atomic E-state index is 13.9. The van der Waals surface area contributed by atoms with Crippen molar-refractivity contribution in [3.8, 4) is 0 Å². The normalized spacial score (nSPS) is 12.4. The molecule has 2 aromatic carbocycles. The van der Waals surface area contributed by atoms with Crippen molar-refractivity contribution in [1.82, 2.24) is 0 Å². The highest BCUT2D eigenvalue weighted by atomic mass is 79.9. The van der Waals surface area contributed by atoms with Gasteiger partial charge < -0.3 is 5.73 Å². The first kappa shape index (κ1) is 14.9. The van der Waals surface area contributed by atoms with Crippen molar-refractivity contribution in [3.63, 3.8) is 0 Å². The third-order valence-corrected chi connectivity index (χ3v) is 4.57. The summed E-state index contributed by atoms with van der Waals surface area (Å²) in [6.45, 7) is 0. The van der Waals surface area contributed by atoms with E-state index in [4.69, 9.17) is 17.3 Å². The van der Waals surface area contributed by atoms with Gasteiger partial charge in [0.2, 0.25) is 0 Å². The van der Waals surface area contributed by atoms with E-state index >= 15 is 0 Å². The minimum atomic E-state index is -0.360. The fraction of sp³-hybridized carbons (Fsp3) is 0.143. The molecule has 0 saturated heterocycles. The molecule has 0 radical (unpaired) electrons. The second kappa shape index (κ2) is 6.75. The lowest BCUT2D eigenvalue weighted by atomic mass is 10.1. The van der Waals surface area contributed by atoms with E-state index in [2.05, 4.69) is 15.9 Å². The van der Waals surface area contributed by atoms with Gasteiger partial charge in [0.1, 0.15) is 5.82 Å². The van der Waals surface area contributed by atoms with Crippen LogP contribution in [0.1, 0.15) is 11.6 Å². The van der Waals surface area contributed by atoms with E-state index in [1.54, 1.807) is 30.0 Å². The summed E-state index contributed by atoms with van der Waals surface area (Å²) in [4.78, 5) is 1.03. The van der Waals surface area contributed by atoms with Gasteiger partial charge in [-0.3, -0.25) is 0 Å². The quantitative estimate of drug-likeness (QED) is 0.774. The van der Waals surface area contributed by atoms with E-state index in [0.29, 0.717) is 20.8 Å². The van der Waals surface area contributed by atoms with Gasteiger partial charge in [-0.05, 0) is 40.2 Å². The first-order chi connectivity index (χ1) is 9.08. The zero-order valence-electron chi connectivity index (χ0n) is 9.95. The molecule has 1 nitrogen and oxygen atoms in total. The van der Waals surface area contributed by atoms with Crippen LogP contribution in [0.3, 0.4) is 0 Å². The number of halogens is 3. The average molecular weight is 361 g/mol. The SMILES string of the molecule is NC(CSc1cccc(Cl)c1)c1cccc(Br)c1F. The fourth-order valence-electron chi connectivity index (χ4n) is 1.64. The van der Waals surface area contributed by atoms with Crippen LogP contribution in [0.2, 0.25) is 5.02 Å². The number of benzene rings is 2. The Morgan fingerprint density at radius 3 is 2.74 bits per heavy atom. The molecule has 0 heterocycles. The van der Waals surface area contributed by atoms with Crippen LogP contribution in [0.15, 0.2) is 51.8 Å². The maximum Gasteiger partial charge on any atom is 0.142 e. The van der Waals surface area contributed by atoms with Gasteiger partial charge in [-0.1, -0.05) is 29.8 Å². The molecule has 0 bridgehead atoms. The standard InChI is InChI=1S/C14H12BrClFNS/c15-12-6-2-5-11(14(12)17)13(18)8-19-10-4-1-3-9(16)7-10/h1-7,13H,8,18H2. The van der Waals surface area contributed by atoms with E-state index < -0.39 is 0 Å². The van der Waals surface area contributed by atoms with E-state index in [1.165, 1.54) is 0 Å². The van der Waals surface area contributed by atoms with Crippen LogP contribution < -0.4 is 5.73 Å².